The molecule has 9 heteroatoms. The molecular weight excluding hydrogens is 480 g/mol. The van der Waals surface area contributed by atoms with E-state index in [4.69, 9.17) is 19.7 Å². The quantitative estimate of drug-likeness (QED) is 0.349. The number of aliphatic hydroxyl groups is 1. The predicted molar refractivity (Wildman–Crippen MR) is 139 cm³/mol. The van der Waals surface area contributed by atoms with E-state index in [0.29, 0.717) is 30.1 Å². The first-order valence-corrected chi connectivity index (χ1v) is 12.0. The number of phenolic OH excluding ortho intramolecular Hbond substituents is 1. The van der Waals surface area contributed by atoms with Crippen LogP contribution in [-0.4, -0.2) is 60.1 Å². The summed E-state index contributed by atoms with van der Waals surface area (Å²) in [6.45, 7) is 11.4. The van der Waals surface area contributed by atoms with Crippen LogP contribution in [0.15, 0.2) is 48.5 Å². The summed E-state index contributed by atoms with van der Waals surface area (Å²) < 4.78 is 15.1. The lowest BCUT2D eigenvalue weighted by Gasteiger charge is -2.20. The third kappa shape index (κ3) is 13.8. The van der Waals surface area contributed by atoms with E-state index in [-0.39, 0.29) is 23.6 Å². The second kappa shape index (κ2) is 18.5. The van der Waals surface area contributed by atoms with Crippen LogP contribution in [0.5, 0.6) is 11.5 Å². The van der Waals surface area contributed by atoms with Crippen LogP contribution in [0.3, 0.4) is 0 Å². The average Bonchev–Trinajstić information content (AvgIpc) is 2.88. The van der Waals surface area contributed by atoms with Crippen molar-refractivity contribution < 1.29 is 43.6 Å². The zero-order chi connectivity index (χ0) is 28.4. The van der Waals surface area contributed by atoms with E-state index in [1.165, 1.54) is 12.1 Å². The second-order valence-electron chi connectivity index (χ2n) is 8.37. The van der Waals surface area contributed by atoms with E-state index < -0.39 is 18.2 Å². The smallest absolute Gasteiger partial charge is 0.347 e. The van der Waals surface area contributed by atoms with E-state index in [2.05, 4.69) is 4.74 Å². The molecule has 2 atom stereocenters. The summed E-state index contributed by atoms with van der Waals surface area (Å²) in [4.78, 5) is 43.0. The number of aliphatic hydroxyl groups excluding tert-OH is 1. The van der Waals surface area contributed by atoms with Crippen LogP contribution >= 0.6 is 0 Å². The molecule has 0 bridgehead atoms. The first kappa shape index (κ1) is 33.3. The minimum Gasteiger partial charge on any atom is -0.508 e. The summed E-state index contributed by atoms with van der Waals surface area (Å²) in [7, 11) is 0. The van der Waals surface area contributed by atoms with E-state index >= 15 is 0 Å². The Morgan fingerprint density at radius 1 is 0.757 bits per heavy atom. The number of hydrogen-bond acceptors (Lipinski definition) is 9. The standard InChI is InChI=1S/C14H18O4.C7H14O3.C7H6O2/c1-4-17-14(16)13(10(2)3)18-12-7-5-11(9-15)6-8-12;1-4-10-7(9)6(8)5(2)3;8-5-6-1-3-7(9)4-2-6/h5-10,13H,4H2,1-3H3;5-6,8H,4H2,1-3H3;1-5,9H/t13-;6-;/m10./s1. The SMILES string of the molecule is CCOC(=O)[C@@H](O)C(C)C.CCOC(=O)[C@H](Oc1ccc(C=O)cc1)C(C)C.O=Cc1ccc(O)cc1. The lowest BCUT2D eigenvalue weighted by Crippen LogP contribution is -2.34. The molecule has 37 heavy (non-hydrogen) atoms. The van der Waals surface area contributed by atoms with Gasteiger partial charge < -0.3 is 24.4 Å². The van der Waals surface area contributed by atoms with Crippen LogP contribution in [-0.2, 0) is 19.1 Å². The largest absolute Gasteiger partial charge is 0.508 e. The van der Waals surface area contributed by atoms with Crippen LogP contribution in [0.1, 0.15) is 62.3 Å². The maximum atomic E-state index is 11.7. The van der Waals surface area contributed by atoms with Crippen LogP contribution in [0, 0.1) is 11.8 Å². The predicted octanol–water partition coefficient (Wildman–Crippen LogP) is 4.24. The molecule has 0 aromatic heterocycles. The molecular formula is C28H38O9. The second-order valence-corrected chi connectivity index (χ2v) is 8.37. The Labute approximate surface area is 218 Å². The van der Waals surface area contributed by atoms with Crippen molar-refractivity contribution in [2.24, 2.45) is 11.8 Å². The van der Waals surface area contributed by atoms with Crippen LogP contribution < -0.4 is 4.74 Å². The molecule has 9 nitrogen and oxygen atoms in total. The summed E-state index contributed by atoms with van der Waals surface area (Å²) in [5.41, 5.74) is 1.15. The lowest BCUT2D eigenvalue weighted by atomic mass is 10.1. The fourth-order valence-corrected chi connectivity index (χ4v) is 2.51. The van der Waals surface area contributed by atoms with Crippen molar-refractivity contribution in [2.75, 3.05) is 13.2 Å². The molecule has 2 aromatic carbocycles. The van der Waals surface area contributed by atoms with E-state index in [9.17, 15) is 19.2 Å². The van der Waals surface area contributed by atoms with Gasteiger partial charge in [0.2, 0.25) is 0 Å². The highest BCUT2D eigenvalue weighted by molar-refractivity contribution is 5.76. The van der Waals surface area contributed by atoms with E-state index in [1.807, 2.05) is 13.8 Å². The number of esters is 2. The van der Waals surface area contributed by atoms with Gasteiger partial charge in [-0.2, -0.15) is 0 Å². The fraction of sp³-hybridized carbons (Fsp3) is 0.429. The molecule has 0 aliphatic heterocycles. The summed E-state index contributed by atoms with van der Waals surface area (Å²) in [6.07, 6.45) is -0.110. The van der Waals surface area contributed by atoms with Crippen LogP contribution in [0.2, 0.25) is 0 Å². The number of carbonyl (C=O) groups is 4. The van der Waals surface area contributed by atoms with Crippen molar-refractivity contribution >= 4 is 24.5 Å². The molecule has 2 rings (SSSR count). The molecule has 0 radical (unpaired) electrons. The van der Waals surface area contributed by atoms with Crippen molar-refractivity contribution in [3.8, 4) is 11.5 Å². The number of rotatable bonds is 10. The topological polar surface area (TPSA) is 136 Å². The Bertz CT molecular complexity index is 935. The molecule has 0 saturated carbocycles. The first-order valence-electron chi connectivity index (χ1n) is 12.0. The van der Waals surface area contributed by atoms with Crippen LogP contribution in [0.4, 0.5) is 0 Å². The number of ether oxygens (including phenoxy) is 3. The first-order chi connectivity index (χ1) is 17.5. The zero-order valence-electron chi connectivity index (χ0n) is 22.2. The molecule has 0 aliphatic rings. The van der Waals surface area contributed by atoms with Crippen LogP contribution in [0.25, 0.3) is 0 Å². The van der Waals surface area contributed by atoms with Gasteiger partial charge in [-0.3, -0.25) is 9.59 Å². The van der Waals surface area contributed by atoms with Gasteiger partial charge in [-0.25, -0.2) is 9.59 Å². The van der Waals surface area contributed by atoms with Gasteiger partial charge in [-0.05, 0) is 68.3 Å². The molecule has 0 heterocycles. The van der Waals surface area contributed by atoms with Crippen molar-refractivity contribution in [2.45, 2.75) is 53.8 Å². The highest BCUT2D eigenvalue weighted by Crippen LogP contribution is 2.17. The highest BCUT2D eigenvalue weighted by atomic mass is 16.6. The van der Waals surface area contributed by atoms with E-state index in [0.717, 1.165) is 12.6 Å². The Morgan fingerprint density at radius 2 is 1.19 bits per heavy atom. The minimum absolute atomic E-state index is 0.00907. The van der Waals surface area contributed by atoms with Crippen molar-refractivity contribution in [1.29, 1.82) is 0 Å². The van der Waals surface area contributed by atoms with Gasteiger partial charge in [0.25, 0.3) is 0 Å². The normalized spacial score (nSPS) is 11.6. The van der Waals surface area contributed by atoms with Gasteiger partial charge in [-0.15, -0.1) is 0 Å². The fourth-order valence-electron chi connectivity index (χ4n) is 2.51. The lowest BCUT2D eigenvalue weighted by molar-refractivity contribution is -0.155. The Balaban J connectivity index is 0.000000577. The number of aldehydes is 2. The van der Waals surface area contributed by atoms with Gasteiger partial charge in [-0.1, -0.05) is 27.7 Å². The molecule has 0 amide bonds. The molecule has 0 spiro atoms. The highest BCUT2D eigenvalue weighted by Gasteiger charge is 2.25. The summed E-state index contributed by atoms with van der Waals surface area (Å²) in [6, 6.07) is 12.7. The molecule has 204 valence electrons. The van der Waals surface area contributed by atoms with Gasteiger partial charge in [0.1, 0.15) is 24.1 Å². The molecule has 0 fully saturated rings. The average molecular weight is 519 g/mol. The molecule has 0 unspecified atom stereocenters. The van der Waals surface area contributed by atoms with E-state index in [1.54, 1.807) is 64.1 Å². The van der Waals surface area contributed by atoms with Crippen molar-refractivity contribution in [3.63, 3.8) is 0 Å². The molecule has 2 aromatic rings. The van der Waals surface area contributed by atoms with Gasteiger partial charge in [0, 0.05) is 17.0 Å². The van der Waals surface area contributed by atoms with Crippen molar-refractivity contribution in [3.05, 3.63) is 59.7 Å². The molecule has 0 aliphatic carbocycles. The molecule has 0 saturated heterocycles. The Kier molecular flexibility index (Phi) is 16.7. The number of hydrogen-bond donors (Lipinski definition) is 2. The maximum absolute atomic E-state index is 11.7. The molecule has 2 N–H and O–H groups in total. The Morgan fingerprint density at radius 3 is 1.57 bits per heavy atom. The summed E-state index contributed by atoms with van der Waals surface area (Å²) in [5, 5.41) is 17.8. The zero-order valence-corrected chi connectivity index (χ0v) is 22.2. The number of carbonyl (C=O) groups excluding carboxylic acids is 4. The number of phenols is 1. The summed E-state index contributed by atoms with van der Waals surface area (Å²) in [5.74, 6) is -0.230. The number of benzene rings is 2. The van der Waals surface area contributed by atoms with Crippen molar-refractivity contribution in [1.82, 2.24) is 0 Å². The minimum atomic E-state index is -0.972. The summed E-state index contributed by atoms with van der Waals surface area (Å²) >= 11 is 0. The van der Waals surface area contributed by atoms with Gasteiger partial charge in [0.05, 0.1) is 13.2 Å². The monoisotopic (exact) mass is 518 g/mol. The third-order valence-electron chi connectivity index (χ3n) is 4.59. The third-order valence-corrected chi connectivity index (χ3v) is 4.59. The number of aromatic hydroxyl groups is 1. The maximum Gasteiger partial charge on any atom is 0.347 e. The van der Waals surface area contributed by atoms with Gasteiger partial charge >= 0.3 is 11.9 Å². The van der Waals surface area contributed by atoms with Gasteiger partial charge in [0.15, 0.2) is 12.2 Å². The Hall–Kier alpha value is -3.72.